The van der Waals surface area contributed by atoms with E-state index in [1.165, 1.54) is 0 Å². The standard InChI is InChI=1S/C14H16N2O/c1-2-17-13-5-3-4-12(16)14(13)10-6-8-11(15)9-7-10/h3-9H,2,15-16H2,1H3. The lowest BCUT2D eigenvalue weighted by Gasteiger charge is -2.12. The minimum Gasteiger partial charge on any atom is -0.493 e. The van der Waals surface area contributed by atoms with Crippen molar-refractivity contribution in [1.82, 2.24) is 0 Å². The fourth-order valence-electron chi connectivity index (χ4n) is 1.78. The Labute approximate surface area is 101 Å². The molecular formula is C14H16N2O. The molecule has 0 radical (unpaired) electrons. The lowest BCUT2D eigenvalue weighted by Crippen LogP contribution is -1.97. The van der Waals surface area contributed by atoms with Gasteiger partial charge in [0, 0.05) is 16.9 Å². The first-order valence-electron chi connectivity index (χ1n) is 5.59. The van der Waals surface area contributed by atoms with Gasteiger partial charge < -0.3 is 16.2 Å². The summed E-state index contributed by atoms with van der Waals surface area (Å²) in [6.45, 7) is 2.57. The van der Waals surface area contributed by atoms with Gasteiger partial charge in [-0.2, -0.15) is 0 Å². The highest BCUT2D eigenvalue weighted by molar-refractivity contribution is 5.82. The molecule has 0 fully saturated rings. The maximum Gasteiger partial charge on any atom is 0.129 e. The van der Waals surface area contributed by atoms with Crippen molar-refractivity contribution in [2.24, 2.45) is 0 Å². The van der Waals surface area contributed by atoms with Gasteiger partial charge in [-0.3, -0.25) is 0 Å². The van der Waals surface area contributed by atoms with Gasteiger partial charge in [-0.05, 0) is 36.8 Å². The van der Waals surface area contributed by atoms with E-state index in [1.807, 2.05) is 49.4 Å². The second-order valence-electron chi connectivity index (χ2n) is 3.78. The lowest BCUT2D eigenvalue weighted by atomic mass is 10.0. The smallest absolute Gasteiger partial charge is 0.129 e. The van der Waals surface area contributed by atoms with Gasteiger partial charge in [0.15, 0.2) is 0 Å². The van der Waals surface area contributed by atoms with Crippen LogP contribution in [0.1, 0.15) is 6.92 Å². The number of benzene rings is 2. The average Bonchev–Trinajstić information content (AvgIpc) is 2.32. The van der Waals surface area contributed by atoms with Gasteiger partial charge in [0.1, 0.15) is 5.75 Å². The molecule has 0 aliphatic rings. The molecule has 0 saturated heterocycles. The molecule has 0 aliphatic carbocycles. The Morgan fingerprint density at radius 1 is 1.00 bits per heavy atom. The van der Waals surface area contributed by atoms with Crippen molar-refractivity contribution in [2.45, 2.75) is 6.92 Å². The van der Waals surface area contributed by atoms with Crippen LogP contribution >= 0.6 is 0 Å². The van der Waals surface area contributed by atoms with E-state index in [1.54, 1.807) is 0 Å². The number of nitrogens with two attached hydrogens (primary N) is 2. The average molecular weight is 228 g/mol. The van der Waals surface area contributed by atoms with Gasteiger partial charge >= 0.3 is 0 Å². The summed E-state index contributed by atoms with van der Waals surface area (Å²) in [6.07, 6.45) is 0. The molecule has 2 aromatic carbocycles. The summed E-state index contributed by atoms with van der Waals surface area (Å²) in [7, 11) is 0. The highest BCUT2D eigenvalue weighted by atomic mass is 16.5. The third-order valence-corrected chi connectivity index (χ3v) is 2.56. The fraction of sp³-hybridized carbons (Fsp3) is 0.143. The topological polar surface area (TPSA) is 61.3 Å². The van der Waals surface area contributed by atoms with Crippen LogP contribution in [0.5, 0.6) is 5.75 Å². The van der Waals surface area contributed by atoms with Crippen LogP contribution in [0.25, 0.3) is 11.1 Å². The highest BCUT2D eigenvalue weighted by Crippen LogP contribution is 2.35. The Kier molecular flexibility index (Phi) is 3.19. The predicted molar refractivity (Wildman–Crippen MR) is 71.9 cm³/mol. The summed E-state index contributed by atoms with van der Waals surface area (Å²) < 4.78 is 5.59. The van der Waals surface area contributed by atoms with Crippen LogP contribution < -0.4 is 16.2 Å². The summed E-state index contributed by atoms with van der Waals surface area (Å²) in [5, 5.41) is 0. The molecule has 88 valence electrons. The molecule has 3 heteroatoms. The van der Waals surface area contributed by atoms with E-state index in [0.29, 0.717) is 12.3 Å². The third kappa shape index (κ3) is 2.33. The monoisotopic (exact) mass is 228 g/mol. The van der Waals surface area contributed by atoms with E-state index in [4.69, 9.17) is 16.2 Å². The van der Waals surface area contributed by atoms with Gasteiger partial charge in [-0.25, -0.2) is 0 Å². The van der Waals surface area contributed by atoms with Crippen molar-refractivity contribution in [3.63, 3.8) is 0 Å². The molecule has 0 aliphatic heterocycles. The molecular weight excluding hydrogens is 212 g/mol. The van der Waals surface area contributed by atoms with E-state index in [9.17, 15) is 0 Å². The second kappa shape index (κ2) is 4.78. The minimum atomic E-state index is 0.616. The maximum atomic E-state index is 6.01. The van der Waals surface area contributed by atoms with Crippen molar-refractivity contribution in [1.29, 1.82) is 0 Å². The van der Waals surface area contributed by atoms with Crippen molar-refractivity contribution < 1.29 is 4.74 Å². The molecule has 0 unspecified atom stereocenters. The molecule has 3 nitrogen and oxygen atoms in total. The lowest BCUT2D eigenvalue weighted by molar-refractivity contribution is 0.342. The SMILES string of the molecule is CCOc1cccc(N)c1-c1ccc(N)cc1. The molecule has 0 heterocycles. The Bertz CT molecular complexity index is 506. The summed E-state index contributed by atoms with van der Waals surface area (Å²) >= 11 is 0. The van der Waals surface area contributed by atoms with Gasteiger partial charge in [-0.1, -0.05) is 18.2 Å². The first-order chi connectivity index (χ1) is 8.22. The van der Waals surface area contributed by atoms with Gasteiger partial charge in [0.2, 0.25) is 0 Å². The number of hydrogen-bond donors (Lipinski definition) is 2. The van der Waals surface area contributed by atoms with Gasteiger partial charge in [-0.15, -0.1) is 0 Å². The zero-order valence-corrected chi connectivity index (χ0v) is 9.81. The number of ether oxygens (including phenoxy) is 1. The van der Waals surface area contributed by atoms with E-state index in [2.05, 4.69) is 0 Å². The third-order valence-electron chi connectivity index (χ3n) is 2.56. The van der Waals surface area contributed by atoms with Crippen molar-refractivity contribution in [3.05, 3.63) is 42.5 Å². The normalized spacial score (nSPS) is 10.2. The zero-order valence-electron chi connectivity index (χ0n) is 9.81. The van der Waals surface area contributed by atoms with E-state index in [-0.39, 0.29) is 0 Å². The molecule has 2 rings (SSSR count). The summed E-state index contributed by atoms with van der Waals surface area (Å²) in [6, 6.07) is 13.3. The largest absolute Gasteiger partial charge is 0.493 e. The summed E-state index contributed by atoms with van der Waals surface area (Å²) in [5.41, 5.74) is 15.1. The fourth-order valence-corrected chi connectivity index (χ4v) is 1.78. The van der Waals surface area contributed by atoms with E-state index in [0.717, 1.165) is 22.6 Å². The number of nitrogen functional groups attached to an aromatic ring is 2. The molecule has 0 atom stereocenters. The van der Waals surface area contributed by atoms with Crippen LogP contribution in [0.4, 0.5) is 11.4 Å². The van der Waals surface area contributed by atoms with Crippen LogP contribution in [0.2, 0.25) is 0 Å². The quantitative estimate of drug-likeness (QED) is 0.794. The van der Waals surface area contributed by atoms with Crippen molar-refractivity contribution in [2.75, 3.05) is 18.1 Å². The molecule has 4 N–H and O–H groups in total. The molecule has 0 spiro atoms. The maximum absolute atomic E-state index is 6.01. The molecule has 0 bridgehead atoms. The Morgan fingerprint density at radius 3 is 2.35 bits per heavy atom. The number of hydrogen-bond acceptors (Lipinski definition) is 3. The molecule has 0 saturated carbocycles. The predicted octanol–water partition coefficient (Wildman–Crippen LogP) is 2.92. The molecule has 2 aromatic rings. The minimum absolute atomic E-state index is 0.616. The molecule has 17 heavy (non-hydrogen) atoms. The Morgan fingerprint density at radius 2 is 1.71 bits per heavy atom. The Balaban J connectivity index is 2.53. The van der Waals surface area contributed by atoms with Crippen molar-refractivity contribution >= 4 is 11.4 Å². The highest BCUT2D eigenvalue weighted by Gasteiger charge is 2.09. The van der Waals surface area contributed by atoms with Crippen LogP contribution in [-0.2, 0) is 0 Å². The number of anilines is 2. The first kappa shape index (κ1) is 11.3. The zero-order chi connectivity index (χ0) is 12.3. The van der Waals surface area contributed by atoms with Crippen LogP contribution in [0, 0.1) is 0 Å². The molecule has 0 aromatic heterocycles. The first-order valence-corrected chi connectivity index (χ1v) is 5.59. The second-order valence-corrected chi connectivity index (χ2v) is 3.78. The van der Waals surface area contributed by atoms with Crippen LogP contribution in [0.15, 0.2) is 42.5 Å². The number of rotatable bonds is 3. The Hall–Kier alpha value is -2.16. The van der Waals surface area contributed by atoms with Gasteiger partial charge in [0.05, 0.1) is 6.61 Å². The van der Waals surface area contributed by atoms with Gasteiger partial charge in [0.25, 0.3) is 0 Å². The summed E-state index contributed by atoms with van der Waals surface area (Å²) in [4.78, 5) is 0. The van der Waals surface area contributed by atoms with E-state index < -0.39 is 0 Å². The van der Waals surface area contributed by atoms with Crippen molar-refractivity contribution in [3.8, 4) is 16.9 Å². The van der Waals surface area contributed by atoms with Crippen LogP contribution in [-0.4, -0.2) is 6.61 Å². The van der Waals surface area contributed by atoms with E-state index >= 15 is 0 Å². The van der Waals surface area contributed by atoms with Crippen LogP contribution in [0.3, 0.4) is 0 Å². The summed E-state index contributed by atoms with van der Waals surface area (Å²) in [5.74, 6) is 0.803. The molecule has 0 amide bonds.